The van der Waals surface area contributed by atoms with E-state index in [-0.39, 0.29) is 29.4 Å². The van der Waals surface area contributed by atoms with Crippen molar-refractivity contribution < 1.29 is 18.0 Å². The number of nitrogens with zero attached hydrogens (tertiary/aromatic N) is 1. The Labute approximate surface area is 172 Å². The minimum Gasteiger partial charge on any atom is -0.326 e. The second-order valence-electron chi connectivity index (χ2n) is 7.28. The zero-order chi connectivity index (χ0) is 20.9. The lowest BCUT2D eigenvalue weighted by atomic mass is 10.1. The molecule has 1 aliphatic heterocycles. The maximum Gasteiger partial charge on any atom is 0.243 e. The van der Waals surface area contributed by atoms with E-state index in [0.717, 1.165) is 19.3 Å². The molecule has 0 aliphatic carbocycles. The molecule has 0 atom stereocenters. The average molecular weight is 415 g/mol. The van der Waals surface area contributed by atoms with E-state index in [1.54, 1.807) is 43.3 Å². The molecule has 0 unspecified atom stereocenters. The van der Waals surface area contributed by atoms with Crippen molar-refractivity contribution in [3.63, 3.8) is 0 Å². The largest absolute Gasteiger partial charge is 0.326 e. The number of carbonyl (C=O) groups is 2. The van der Waals surface area contributed by atoms with E-state index >= 15 is 0 Å². The standard InChI is InChI=1S/C22H26N2O4S/c1-17-10-11-19(16-21(17)29(27,28)24-14-6-3-7-15-24)23-22(26)13-12-20(25)18-8-4-2-5-9-18/h2,4-5,8-11,16H,3,6-7,12-15H2,1H3,(H,23,26). The van der Waals surface area contributed by atoms with Crippen molar-refractivity contribution in [2.24, 2.45) is 0 Å². The molecule has 2 aromatic rings. The van der Waals surface area contributed by atoms with Gasteiger partial charge in [0.25, 0.3) is 0 Å². The number of aryl methyl sites for hydroxylation is 1. The number of ketones is 1. The second-order valence-corrected chi connectivity index (χ2v) is 9.19. The molecule has 29 heavy (non-hydrogen) atoms. The van der Waals surface area contributed by atoms with Crippen molar-refractivity contribution >= 4 is 27.4 Å². The first kappa shape index (κ1) is 21.2. The summed E-state index contributed by atoms with van der Waals surface area (Å²) in [7, 11) is -3.58. The van der Waals surface area contributed by atoms with Crippen LogP contribution in [0.3, 0.4) is 0 Å². The highest BCUT2D eigenvalue weighted by atomic mass is 32.2. The highest BCUT2D eigenvalue weighted by molar-refractivity contribution is 7.89. The minimum atomic E-state index is -3.58. The van der Waals surface area contributed by atoms with E-state index in [4.69, 9.17) is 0 Å². The van der Waals surface area contributed by atoms with Gasteiger partial charge in [-0.1, -0.05) is 42.8 Å². The number of benzene rings is 2. The van der Waals surface area contributed by atoms with Crippen LogP contribution in [0.15, 0.2) is 53.4 Å². The highest BCUT2D eigenvalue weighted by Gasteiger charge is 2.27. The Hall–Kier alpha value is -2.51. The Balaban J connectivity index is 1.66. The molecule has 0 bridgehead atoms. The molecule has 0 spiro atoms. The van der Waals surface area contributed by atoms with Gasteiger partial charge in [0.15, 0.2) is 5.78 Å². The summed E-state index contributed by atoms with van der Waals surface area (Å²) >= 11 is 0. The van der Waals surface area contributed by atoms with Crippen LogP contribution in [0.1, 0.15) is 48.0 Å². The van der Waals surface area contributed by atoms with Crippen LogP contribution in [-0.4, -0.2) is 37.5 Å². The molecule has 1 saturated heterocycles. The number of hydrogen-bond acceptors (Lipinski definition) is 4. The van der Waals surface area contributed by atoms with Crippen LogP contribution in [0.5, 0.6) is 0 Å². The molecular weight excluding hydrogens is 388 g/mol. The van der Waals surface area contributed by atoms with Crippen molar-refractivity contribution in [3.8, 4) is 0 Å². The van der Waals surface area contributed by atoms with Gasteiger partial charge in [0.1, 0.15) is 0 Å². The summed E-state index contributed by atoms with van der Waals surface area (Å²) in [5.41, 5.74) is 1.64. The second kappa shape index (κ2) is 9.33. The number of rotatable bonds is 7. The molecule has 7 heteroatoms. The predicted molar refractivity (Wildman–Crippen MR) is 112 cm³/mol. The first-order chi connectivity index (χ1) is 13.9. The first-order valence-electron chi connectivity index (χ1n) is 9.87. The monoisotopic (exact) mass is 414 g/mol. The lowest BCUT2D eigenvalue weighted by Gasteiger charge is -2.26. The van der Waals surface area contributed by atoms with Crippen LogP contribution in [0, 0.1) is 6.92 Å². The molecule has 6 nitrogen and oxygen atoms in total. The summed E-state index contributed by atoms with van der Waals surface area (Å²) < 4.78 is 27.5. The lowest BCUT2D eigenvalue weighted by Crippen LogP contribution is -2.36. The summed E-state index contributed by atoms with van der Waals surface area (Å²) in [5.74, 6) is -0.419. The van der Waals surface area contributed by atoms with Crippen LogP contribution >= 0.6 is 0 Å². The number of amides is 1. The molecule has 154 valence electrons. The van der Waals surface area contributed by atoms with E-state index in [1.165, 1.54) is 10.4 Å². The minimum absolute atomic E-state index is 0.0375. The zero-order valence-electron chi connectivity index (χ0n) is 16.6. The summed E-state index contributed by atoms with van der Waals surface area (Å²) in [6.07, 6.45) is 2.91. The number of anilines is 1. The third kappa shape index (κ3) is 5.31. The molecule has 0 radical (unpaired) electrons. The van der Waals surface area contributed by atoms with Crippen LogP contribution in [0.2, 0.25) is 0 Å². The smallest absolute Gasteiger partial charge is 0.243 e. The molecule has 3 rings (SSSR count). The van der Waals surface area contributed by atoms with E-state index in [1.807, 2.05) is 6.07 Å². The molecule has 0 aromatic heterocycles. The quantitative estimate of drug-likeness (QED) is 0.699. The fourth-order valence-corrected chi connectivity index (χ4v) is 5.19. The van der Waals surface area contributed by atoms with E-state index in [9.17, 15) is 18.0 Å². The lowest BCUT2D eigenvalue weighted by molar-refractivity contribution is -0.116. The normalized spacial score (nSPS) is 15.1. The van der Waals surface area contributed by atoms with Crippen molar-refractivity contribution in [3.05, 3.63) is 59.7 Å². The zero-order valence-corrected chi connectivity index (χ0v) is 17.4. The summed E-state index contributed by atoms with van der Waals surface area (Å²) in [6.45, 7) is 2.81. The predicted octanol–water partition coefficient (Wildman–Crippen LogP) is 3.77. The molecule has 0 saturated carbocycles. The van der Waals surface area contributed by atoms with E-state index in [2.05, 4.69) is 5.32 Å². The molecule has 2 aromatic carbocycles. The Morgan fingerprint density at radius 1 is 0.966 bits per heavy atom. The molecular formula is C22H26N2O4S. The van der Waals surface area contributed by atoms with Crippen molar-refractivity contribution in [1.29, 1.82) is 0 Å². The molecule has 1 aliphatic rings. The van der Waals surface area contributed by atoms with Gasteiger partial charge in [0, 0.05) is 37.2 Å². The third-order valence-electron chi connectivity index (χ3n) is 5.08. The Morgan fingerprint density at radius 3 is 2.34 bits per heavy atom. The van der Waals surface area contributed by atoms with Crippen LogP contribution in [0.4, 0.5) is 5.69 Å². The van der Waals surface area contributed by atoms with Gasteiger partial charge in [0.2, 0.25) is 15.9 Å². The van der Waals surface area contributed by atoms with Gasteiger partial charge in [-0.3, -0.25) is 9.59 Å². The van der Waals surface area contributed by atoms with Crippen LogP contribution in [0.25, 0.3) is 0 Å². The SMILES string of the molecule is Cc1ccc(NC(=O)CCC(=O)c2ccccc2)cc1S(=O)(=O)N1CCCCC1. The molecule has 1 fully saturated rings. The summed E-state index contributed by atoms with van der Waals surface area (Å²) in [6, 6.07) is 13.7. The Kier molecular flexibility index (Phi) is 6.82. The first-order valence-corrected chi connectivity index (χ1v) is 11.3. The number of hydrogen-bond donors (Lipinski definition) is 1. The van der Waals surface area contributed by atoms with Gasteiger partial charge < -0.3 is 5.32 Å². The highest BCUT2D eigenvalue weighted by Crippen LogP contribution is 2.26. The average Bonchev–Trinajstić information content (AvgIpc) is 2.74. The van der Waals surface area contributed by atoms with Gasteiger partial charge in [0.05, 0.1) is 4.90 Å². The number of Topliss-reactive ketones (excluding diaryl/α,β-unsaturated/α-hetero) is 1. The third-order valence-corrected chi connectivity index (χ3v) is 7.12. The number of carbonyl (C=O) groups excluding carboxylic acids is 2. The molecule has 1 N–H and O–H groups in total. The van der Waals surface area contributed by atoms with E-state index in [0.29, 0.717) is 29.9 Å². The number of piperidine rings is 1. The maximum atomic E-state index is 13.0. The number of sulfonamides is 1. The van der Waals surface area contributed by atoms with Crippen molar-refractivity contribution in [2.75, 3.05) is 18.4 Å². The van der Waals surface area contributed by atoms with Crippen LogP contribution < -0.4 is 5.32 Å². The fraction of sp³-hybridized carbons (Fsp3) is 0.364. The van der Waals surface area contributed by atoms with Gasteiger partial charge in [-0.05, 0) is 37.5 Å². The van der Waals surface area contributed by atoms with Crippen molar-refractivity contribution in [2.45, 2.75) is 43.9 Å². The van der Waals surface area contributed by atoms with Gasteiger partial charge in [-0.25, -0.2) is 8.42 Å². The van der Waals surface area contributed by atoms with Gasteiger partial charge >= 0.3 is 0 Å². The number of nitrogens with one attached hydrogen (secondary N) is 1. The summed E-state index contributed by atoms with van der Waals surface area (Å²) in [4.78, 5) is 24.6. The topological polar surface area (TPSA) is 83.5 Å². The van der Waals surface area contributed by atoms with E-state index < -0.39 is 10.0 Å². The van der Waals surface area contributed by atoms with Gasteiger partial charge in [-0.15, -0.1) is 0 Å². The molecule has 1 amide bonds. The fourth-order valence-electron chi connectivity index (χ4n) is 3.42. The Morgan fingerprint density at radius 2 is 1.66 bits per heavy atom. The summed E-state index contributed by atoms with van der Waals surface area (Å²) in [5, 5.41) is 2.72. The van der Waals surface area contributed by atoms with Crippen molar-refractivity contribution in [1.82, 2.24) is 4.31 Å². The molecule has 1 heterocycles. The van der Waals surface area contributed by atoms with Crippen LogP contribution in [-0.2, 0) is 14.8 Å². The van der Waals surface area contributed by atoms with Gasteiger partial charge in [-0.2, -0.15) is 4.31 Å². The Bertz CT molecular complexity index is 981. The maximum absolute atomic E-state index is 13.0.